The monoisotopic (exact) mass is 419 g/mol. The van der Waals surface area contributed by atoms with Gasteiger partial charge in [0.15, 0.2) is 11.7 Å². The molecule has 0 saturated carbocycles. The first-order valence-electron chi connectivity index (χ1n) is 10.4. The van der Waals surface area contributed by atoms with Gasteiger partial charge < -0.3 is 20.4 Å². The molecule has 1 fully saturated rings. The standard InChI is InChI=1S/C23H25N5O3/c24-23(30)17-7-4-12-28(15-17)20-9-8-18(13-25-20)27-21(29)10-11-22-26-14-19(31-22)16-5-2-1-3-6-16/h1-3,5-6,8-9,13-14,17H,4,7,10-12,15H2,(H2,24,30)(H,27,29). The van der Waals surface area contributed by atoms with Gasteiger partial charge in [-0.3, -0.25) is 9.59 Å². The normalized spacial score (nSPS) is 16.1. The van der Waals surface area contributed by atoms with Crippen LogP contribution in [0.1, 0.15) is 25.2 Å². The number of primary amides is 1. The van der Waals surface area contributed by atoms with Crippen LogP contribution < -0.4 is 16.0 Å². The van der Waals surface area contributed by atoms with E-state index in [1.807, 2.05) is 42.5 Å². The average Bonchev–Trinajstić information content (AvgIpc) is 3.28. The summed E-state index contributed by atoms with van der Waals surface area (Å²) in [5, 5.41) is 2.84. The van der Waals surface area contributed by atoms with Gasteiger partial charge in [0.25, 0.3) is 0 Å². The highest BCUT2D eigenvalue weighted by molar-refractivity contribution is 5.90. The molecule has 0 spiro atoms. The number of carbonyl (C=O) groups is 2. The van der Waals surface area contributed by atoms with Crippen LogP contribution in [0.3, 0.4) is 0 Å². The number of aromatic nitrogens is 2. The number of carbonyl (C=O) groups excluding carboxylic acids is 2. The minimum absolute atomic E-state index is 0.138. The summed E-state index contributed by atoms with van der Waals surface area (Å²) in [5.41, 5.74) is 7.01. The summed E-state index contributed by atoms with van der Waals surface area (Å²) in [6.45, 7) is 1.42. The van der Waals surface area contributed by atoms with Crippen molar-refractivity contribution in [3.8, 4) is 11.3 Å². The predicted octanol–water partition coefficient (Wildman–Crippen LogP) is 3.01. The van der Waals surface area contributed by atoms with E-state index in [4.69, 9.17) is 10.2 Å². The SMILES string of the molecule is NC(=O)C1CCCN(c2ccc(NC(=O)CCc3ncc(-c4ccccc4)o3)cn2)C1. The maximum Gasteiger partial charge on any atom is 0.224 e. The summed E-state index contributed by atoms with van der Waals surface area (Å²) in [4.78, 5) is 34.5. The van der Waals surface area contributed by atoms with Gasteiger partial charge >= 0.3 is 0 Å². The van der Waals surface area contributed by atoms with Gasteiger partial charge in [-0.25, -0.2) is 9.97 Å². The molecule has 1 atom stereocenters. The molecule has 0 bridgehead atoms. The number of hydrogen-bond donors (Lipinski definition) is 2. The Kier molecular flexibility index (Phi) is 6.26. The van der Waals surface area contributed by atoms with Crippen molar-refractivity contribution < 1.29 is 14.0 Å². The van der Waals surface area contributed by atoms with Gasteiger partial charge in [0, 0.05) is 31.5 Å². The molecule has 4 rings (SSSR count). The number of piperidine rings is 1. The molecular weight excluding hydrogens is 394 g/mol. The zero-order chi connectivity index (χ0) is 21.6. The molecule has 8 nitrogen and oxygen atoms in total. The molecule has 0 aliphatic carbocycles. The van der Waals surface area contributed by atoms with Crippen molar-refractivity contribution in [1.29, 1.82) is 0 Å². The number of hydrogen-bond acceptors (Lipinski definition) is 6. The Morgan fingerprint density at radius 3 is 2.71 bits per heavy atom. The first-order valence-corrected chi connectivity index (χ1v) is 10.4. The number of amides is 2. The molecule has 31 heavy (non-hydrogen) atoms. The number of pyridine rings is 1. The maximum atomic E-state index is 12.3. The number of nitrogens with two attached hydrogens (primary N) is 1. The molecule has 0 radical (unpaired) electrons. The van der Waals surface area contributed by atoms with Crippen LogP contribution in [0.5, 0.6) is 0 Å². The second kappa shape index (κ2) is 9.42. The lowest BCUT2D eigenvalue weighted by molar-refractivity contribution is -0.122. The highest BCUT2D eigenvalue weighted by atomic mass is 16.4. The lowest BCUT2D eigenvalue weighted by Gasteiger charge is -2.32. The molecule has 160 valence electrons. The van der Waals surface area contributed by atoms with Crippen LogP contribution >= 0.6 is 0 Å². The summed E-state index contributed by atoms with van der Waals surface area (Å²) >= 11 is 0. The highest BCUT2D eigenvalue weighted by Crippen LogP contribution is 2.23. The van der Waals surface area contributed by atoms with Gasteiger partial charge in [0.2, 0.25) is 11.8 Å². The molecule has 1 aliphatic heterocycles. The number of oxazole rings is 1. The fourth-order valence-corrected chi connectivity index (χ4v) is 3.67. The van der Waals surface area contributed by atoms with Crippen molar-refractivity contribution in [2.75, 3.05) is 23.3 Å². The Bertz CT molecular complexity index is 1030. The number of benzene rings is 1. The molecule has 1 aliphatic rings. The molecule has 3 N–H and O–H groups in total. The molecule has 2 aromatic heterocycles. The zero-order valence-corrected chi connectivity index (χ0v) is 17.2. The third-order valence-electron chi connectivity index (χ3n) is 5.36. The molecule has 1 unspecified atom stereocenters. The minimum atomic E-state index is -0.268. The fourth-order valence-electron chi connectivity index (χ4n) is 3.67. The Morgan fingerprint density at radius 2 is 1.97 bits per heavy atom. The number of anilines is 2. The van der Waals surface area contributed by atoms with Gasteiger partial charge in [0.1, 0.15) is 5.82 Å². The Hall–Kier alpha value is -3.68. The second-order valence-corrected chi connectivity index (χ2v) is 7.63. The lowest BCUT2D eigenvalue weighted by Crippen LogP contribution is -2.41. The number of nitrogens with zero attached hydrogens (tertiary/aromatic N) is 3. The van der Waals surface area contributed by atoms with E-state index in [1.54, 1.807) is 12.4 Å². The van der Waals surface area contributed by atoms with Crippen molar-refractivity contribution >= 4 is 23.3 Å². The smallest absolute Gasteiger partial charge is 0.224 e. The Morgan fingerprint density at radius 1 is 1.13 bits per heavy atom. The van der Waals surface area contributed by atoms with Crippen LogP contribution in [0, 0.1) is 5.92 Å². The van der Waals surface area contributed by atoms with Gasteiger partial charge in [0.05, 0.1) is 24.0 Å². The summed E-state index contributed by atoms with van der Waals surface area (Å²) in [7, 11) is 0. The van der Waals surface area contributed by atoms with Crippen molar-refractivity contribution in [2.24, 2.45) is 11.7 Å². The van der Waals surface area contributed by atoms with Crippen LogP contribution in [-0.2, 0) is 16.0 Å². The molecule has 3 aromatic rings. The fraction of sp³-hybridized carbons (Fsp3) is 0.304. The van der Waals surface area contributed by atoms with Gasteiger partial charge in [-0.15, -0.1) is 0 Å². The molecular formula is C23H25N5O3. The quantitative estimate of drug-likeness (QED) is 0.608. The van der Waals surface area contributed by atoms with Crippen LogP contribution in [0.2, 0.25) is 0 Å². The Labute approximate surface area is 180 Å². The van der Waals surface area contributed by atoms with Gasteiger partial charge in [-0.2, -0.15) is 0 Å². The number of nitrogens with one attached hydrogen (secondary N) is 1. The van der Waals surface area contributed by atoms with Gasteiger partial charge in [-0.05, 0) is 25.0 Å². The van der Waals surface area contributed by atoms with Crippen LogP contribution in [-0.4, -0.2) is 34.9 Å². The molecule has 3 heterocycles. The highest BCUT2D eigenvalue weighted by Gasteiger charge is 2.24. The minimum Gasteiger partial charge on any atom is -0.441 e. The predicted molar refractivity (Wildman–Crippen MR) is 117 cm³/mol. The van der Waals surface area contributed by atoms with Crippen molar-refractivity contribution in [1.82, 2.24) is 9.97 Å². The van der Waals surface area contributed by atoms with Crippen LogP contribution in [0.15, 0.2) is 59.3 Å². The van der Waals surface area contributed by atoms with E-state index >= 15 is 0 Å². The van der Waals surface area contributed by atoms with E-state index in [0.29, 0.717) is 30.3 Å². The van der Waals surface area contributed by atoms with E-state index in [1.165, 1.54) is 0 Å². The number of rotatable bonds is 7. The average molecular weight is 419 g/mol. The molecule has 2 amide bonds. The van der Waals surface area contributed by atoms with Crippen molar-refractivity contribution in [3.63, 3.8) is 0 Å². The molecule has 1 aromatic carbocycles. The second-order valence-electron chi connectivity index (χ2n) is 7.63. The Balaban J connectivity index is 1.28. The number of aryl methyl sites for hydroxylation is 1. The summed E-state index contributed by atoms with van der Waals surface area (Å²) in [6, 6.07) is 13.4. The third-order valence-corrected chi connectivity index (χ3v) is 5.36. The van der Waals surface area contributed by atoms with E-state index < -0.39 is 0 Å². The molecule has 8 heteroatoms. The molecule has 1 saturated heterocycles. The van der Waals surface area contributed by atoms with Crippen molar-refractivity contribution in [3.05, 3.63) is 60.7 Å². The largest absolute Gasteiger partial charge is 0.441 e. The summed E-state index contributed by atoms with van der Waals surface area (Å²) in [6.07, 6.45) is 5.68. The maximum absolute atomic E-state index is 12.3. The van der Waals surface area contributed by atoms with Gasteiger partial charge in [-0.1, -0.05) is 30.3 Å². The zero-order valence-electron chi connectivity index (χ0n) is 17.2. The van der Waals surface area contributed by atoms with E-state index in [-0.39, 0.29) is 24.2 Å². The van der Waals surface area contributed by atoms with E-state index in [9.17, 15) is 9.59 Å². The summed E-state index contributed by atoms with van der Waals surface area (Å²) < 4.78 is 5.74. The van der Waals surface area contributed by atoms with Crippen LogP contribution in [0.25, 0.3) is 11.3 Å². The van der Waals surface area contributed by atoms with Crippen LogP contribution in [0.4, 0.5) is 11.5 Å². The summed E-state index contributed by atoms with van der Waals surface area (Å²) in [5.74, 6) is 1.43. The van der Waals surface area contributed by atoms with E-state index in [2.05, 4.69) is 20.2 Å². The van der Waals surface area contributed by atoms with Crippen molar-refractivity contribution in [2.45, 2.75) is 25.7 Å². The third kappa shape index (κ3) is 5.28. The lowest BCUT2D eigenvalue weighted by atomic mass is 9.97. The topological polar surface area (TPSA) is 114 Å². The first kappa shape index (κ1) is 20.6. The van der Waals surface area contributed by atoms with E-state index in [0.717, 1.165) is 30.8 Å². The first-order chi connectivity index (χ1) is 15.1.